The van der Waals surface area contributed by atoms with E-state index in [1.165, 1.54) is 6.33 Å². The number of unbranched alkanes of at least 4 members (excludes halogenated alkanes) is 2. The molecule has 0 aliphatic carbocycles. The highest BCUT2D eigenvalue weighted by Gasteiger charge is 2.32. The highest BCUT2D eigenvalue weighted by Crippen LogP contribution is 2.11. The van der Waals surface area contributed by atoms with Crippen LogP contribution in [0.15, 0.2) is 12.5 Å². The number of carbonyl (C=O) groups excluding carboxylic acids is 3. The molecule has 1 aromatic rings. The lowest BCUT2D eigenvalue weighted by atomic mass is 9.96. The Morgan fingerprint density at radius 3 is 2.05 bits per heavy atom. The van der Waals surface area contributed by atoms with Crippen LogP contribution in [0.4, 0.5) is 0 Å². The predicted octanol–water partition coefficient (Wildman–Crippen LogP) is -0.877. The number of aromatic nitrogens is 2. The third kappa shape index (κ3) is 11.7. The standard InChI is InChI=1S/C24H44N8O5/c1-3-15(2)20(32-21(33)17(27)12-16-13-28-14-29-16)23(35)30-18(8-4-6-10-25)22(34)31-19(24(36)37)9-5-7-11-26/h13-15,17-20H,3-12,25-27H2,1-2H3,(H,28,29)(H,30,35)(H,31,34)(H,32,33)(H,36,37). The first-order valence-electron chi connectivity index (χ1n) is 12.9. The van der Waals surface area contributed by atoms with E-state index in [-0.39, 0.29) is 25.2 Å². The molecule has 3 amide bonds. The summed E-state index contributed by atoms with van der Waals surface area (Å²) in [5.41, 5.74) is 17.8. The zero-order chi connectivity index (χ0) is 27.8. The fourth-order valence-electron chi connectivity index (χ4n) is 3.73. The van der Waals surface area contributed by atoms with Gasteiger partial charge in [-0.2, -0.15) is 0 Å². The Labute approximate surface area is 218 Å². The molecule has 0 saturated heterocycles. The zero-order valence-corrected chi connectivity index (χ0v) is 21.9. The van der Waals surface area contributed by atoms with Gasteiger partial charge in [0.25, 0.3) is 0 Å². The molecular weight excluding hydrogens is 480 g/mol. The van der Waals surface area contributed by atoms with Gasteiger partial charge in [-0.1, -0.05) is 20.3 Å². The number of hydrogen-bond donors (Lipinski definition) is 8. The zero-order valence-electron chi connectivity index (χ0n) is 21.9. The number of imidazole rings is 1. The topological polar surface area (TPSA) is 231 Å². The van der Waals surface area contributed by atoms with Gasteiger partial charge in [0.1, 0.15) is 18.1 Å². The highest BCUT2D eigenvalue weighted by molar-refractivity contribution is 5.94. The van der Waals surface area contributed by atoms with Crippen molar-refractivity contribution in [2.24, 2.45) is 23.1 Å². The molecule has 1 heterocycles. The van der Waals surface area contributed by atoms with Crippen molar-refractivity contribution in [3.8, 4) is 0 Å². The quantitative estimate of drug-likeness (QED) is 0.105. The van der Waals surface area contributed by atoms with Crippen LogP contribution in [-0.2, 0) is 25.6 Å². The molecule has 11 N–H and O–H groups in total. The van der Waals surface area contributed by atoms with Gasteiger partial charge in [0.2, 0.25) is 17.7 Å². The Hall–Kier alpha value is -3.03. The summed E-state index contributed by atoms with van der Waals surface area (Å²) >= 11 is 0. The molecule has 0 aliphatic heterocycles. The minimum Gasteiger partial charge on any atom is -0.480 e. The van der Waals surface area contributed by atoms with Crippen molar-refractivity contribution >= 4 is 23.7 Å². The van der Waals surface area contributed by atoms with E-state index in [2.05, 4.69) is 25.9 Å². The molecular formula is C24H44N8O5. The third-order valence-corrected chi connectivity index (χ3v) is 6.27. The number of rotatable bonds is 19. The number of carboxylic acid groups (broad SMARTS) is 1. The number of aromatic amines is 1. The highest BCUT2D eigenvalue weighted by atomic mass is 16.4. The van der Waals surface area contributed by atoms with Crippen LogP contribution >= 0.6 is 0 Å². The summed E-state index contributed by atoms with van der Waals surface area (Å²) in [6, 6.07) is -3.93. The number of amides is 3. The summed E-state index contributed by atoms with van der Waals surface area (Å²) in [5.74, 6) is -3.06. The third-order valence-electron chi connectivity index (χ3n) is 6.27. The van der Waals surface area contributed by atoms with Gasteiger partial charge in [0.15, 0.2) is 0 Å². The van der Waals surface area contributed by atoms with Crippen molar-refractivity contribution in [2.75, 3.05) is 13.1 Å². The summed E-state index contributed by atoms with van der Waals surface area (Å²) in [6.07, 6.45) is 6.70. The fourth-order valence-corrected chi connectivity index (χ4v) is 3.73. The molecule has 0 bridgehead atoms. The molecule has 5 atom stereocenters. The Balaban J connectivity index is 2.94. The smallest absolute Gasteiger partial charge is 0.326 e. The molecule has 0 saturated carbocycles. The van der Waals surface area contributed by atoms with E-state index in [9.17, 15) is 24.3 Å². The average Bonchev–Trinajstić information content (AvgIpc) is 3.38. The van der Waals surface area contributed by atoms with Crippen LogP contribution < -0.4 is 33.2 Å². The lowest BCUT2D eigenvalue weighted by Crippen LogP contribution is -2.58. The molecule has 5 unspecified atom stereocenters. The lowest BCUT2D eigenvalue weighted by Gasteiger charge is -2.28. The maximum atomic E-state index is 13.3. The first-order valence-corrected chi connectivity index (χ1v) is 12.9. The van der Waals surface area contributed by atoms with Crippen molar-refractivity contribution in [1.29, 1.82) is 0 Å². The summed E-state index contributed by atoms with van der Waals surface area (Å²) in [5, 5.41) is 17.5. The van der Waals surface area contributed by atoms with E-state index in [0.717, 1.165) is 0 Å². The van der Waals surface area contributed by atoms with E-state index in [4.69, 9.17) is 17.2 Å². The molecule has 1 rings (SSSR count). The average molecular weight is 525 g/mol. The van der Waals surface area contributed by atoms with E-state index in [1.54, 1.807) is 6.20 Å². The van der Waals surface area contributed by atoms with Gasteiger partial charge < -0.3 is 43.2 Å². The Kier molecular flexibility index (Phi) is 15.1. The number of aliphatic carboxylic acids is 1. The number of carboxylic acids is 1. The Morgan fingerprint density at radius 1 is 0.946 bits per heavy atom. The van der Waals surface area contributed by atoms with Crippen molar-refractivity contribution < 1.29 is 24.3 Å². The van der Waals surface area contributed by atoms with Crippen molar-refractivity contribution in [3.05, 3.63) is 18.2 Å². The normalized spacial score (nSPS) is 15.2. The van der Waals surface area contributed by atoms with Gasteiger partial charge in [0, 0.05) is 18.3 Å². The van der Waals surface area contributed by atoms with Gasteiger partial charge in [0.05, 0.1) is 12.4 Å². The number of carbonyl (C=O) groups is 4. The van der Waals surface area contributed by atoms with Crippen LogP contribution in [0.3, 0.4) is 0 Å². The van der Waals surface area contributed by atoms with Crippen LogP contribution in [0.2, 0.25) is 0 Å². The van der Waals surface area contributed by atoms with Gasteiger partial charge in [-0.3, -0.25) is 14.4 Å². The van der Waals surface area contributed by atoms with Gasteiger partial charge in [-0.05, 0) is 57.5 Å². The number of hydrogen-bond acceptors (Lipinski definition) is 8. The van der Waals surface area contributed by atoms with Gasteiger partial charge in [-0.15, -0.1) is 0 Å². The molecule has 0 aromatic carbocycles. The Morgan fingerprint density at radius 2 is 1.54 bits per heavy atom. The maximum Gasteiger partial charge on any atom is 0.326 e. The van der Waals surface area contributed by atoms with Gasteiger partial charge >= 0.3 is 5.97 Å². The van der Waals surface area contributed by atoms with Gasteiger partial charge in [-0.25, -0.2) is 9.78 Å². The van der Waals surface area contributed by atoms with Crippen molar-refractivity contribution in [3.63, 3.8) is 0 Å². The predicted molar refractivity (Wildman–Crippen MR) is 139 cm³/mol. The van der Waals surface area contributed by atoms with Crippen LogP contribution in [0, 0.1) is 5.92 Å². The van der Waals surface area contributed by atoms with Crippen LogP contribution in [0.1, 0.15) is 64.5 Å². The molecule has 0 aliphatic rings. The molecule has 0 radical (unpaired) electrons. The first-order chi connectivity index (χ1) is 17.6. The molecule has 13 heteroatoms. The minimum atomic E-state index is -1.16. The fraction of sp³-hybridized carbons (Fsp3) is 0.708. The van der Waals surface area contributed by atoms with Crippen molar-refractivity contribution in [2.45, 2.75) is 89.4 Å². The monoisotopic (exact) mass is 524 g/mol. The molecule has 37 heavy (non-hydrogen) atoms. The van der Waals surface area contributed by atoms with Crippen molar-refractivity contribution in [1.82, 2.24) is 25.9 Å². The van der Waals surface area contributed by atoms with E-state index in [1.807, 2.05) is 13.8 Å². The molecule has 0 spiro atoms. The Bertz CT molecular complexity index is 835. The van der Waals surface area contributed by atoms with Crippen LogP contribution in [0.5, 0.6) is 0 Å². The van der Waals surface area contributed by atoms with E-state index < -0.39 is 47.9 Å². The second-order valence-electron chi connectivity index (χ2n) is 9.29. The summed E-state index contributed by atoms with van der Waals surface area (Å²) < 4.78 is 0. The summed E-state index contributed by atoms with van der Waals surface area (Å²) in [6.45, 7) is 4.53. The molecule has 1 aromatic heterocycles. The van der Waals surface area contributed by atoms with E-state index >= 15 is 0 Å². The number of nitrogens with two attached hydrogens (primary N) is 3. The number of nitrogens with one attached hydrogen (secondary N) is 4. The largest absolute Gasteiger partial charge is 0.480 e. The molecule has 13 nitrogen and oxygen atoms in total. The molecule has 0 fully saturated rings. The van der Waals surface area contributed by atoms with Crippen LogP contribution in [-0.4, -0.2) is 76.0 Å². The van der Waals surface area contributed by atoms with Crippen LogP contribution in [0.25, 0.3) is 0 Å². The summed E-state index contributed by atoms with van der Waals surface area (Å²) in [7, 11) is 0. The number of nitrogens with zero attached hydrogens (tertiary/aromatic N) is 1. The SMILES string of the molecule is CCC(C)C(NC(=O)C(N)Cc1cnc[nH]1)C(=O)NC(CCCCN)C(=O)NC(CCCCN)C(=O)O. The second-order valence-corrected chi connectivity index (χ2v) is 9.29. The molecule has 210 valence electrons. The van der Waals surface area contributed by atoms with E-state index in [0.29, 0.717) is 50.9 Å². The second kappa shape index (κ2) is 17.4. The minimum absolute atomic E-state index is 0.214. The number of H-pyrrole nitrogens is 1. The summed E-state index contributed by atoms with van der Waals surface area (Å²) in [4.78, 5) is 57.5. The lowest BCUT2D eigenvalue weighted by molar-refractivity contribution is -0.142. The maximum absolute atomic E-state index is 13.3. The first kappa shape index (κ1) is 32.0.